The molecule has 1 fully saturated rings. The molecular weight excluding hydrogens is 208 g/mol. The Bertz CT molecular complexity index is 370. The lowest BCUT2D eigenvalue weighted by molar-refractivity contribution is 0.0897. The van der Waals surface area contributed by atoms with Crippen molar-refractivity contribution >= 4 is 0 Å². The number of aryl methyl sites for hydroxylation is 2. The van der Waals surface area contributed by atoms with Crippen molar-refractivity contribution in [1.29, 1.82) is 0 Å². The Kier molecular flexibility index (Phi) is 4.09. The zero-order valence-electron chi connectivity index (χ0n) is 11.3. The molecular formula is C16H24O. The molecule has 0 N–H and O–H groups in total. The molecule has 1 aliphatic rings. The molecule has 1 aliphatic carbocycles. The average molecular weight is 232 g/mol. The minimum absolute atomic E-state index is 0.440. The van der Waals surface area contributed by atoms with Gasteiger partial charge in [-0.05, 0) is 57.1 Å². The SMILES string of the molecule is CCC1CCCCC1Oc1ccc(C)cc1C. The molecule has 94 valence electrons. The maximum Gasteiger partial charge on any atom is 0.122 e. The van der Waals surface area contributed by atoms with E-state index in [4.69, 9.17) is 4.74 Å². The number of rotatable bonds is 3. The third kappa shape index (κ3) is 3.02. The van der Waals surface area contributed by atoms with Crippen molar-refractivity contribution in [2.24, 2.45) is 5.92 Å². The monoisotopic (exact) mass is 232 g/mol. The van der Waals surface area contributed by atoms with Gasteiger partial charge in [-0.25, -0.2) is 0 Å². The van der Waals surface area contributed by atoms with Crippen LogP contribution in [0.1, 0.15) is 50.2 Å². The van der Waals surface area contributed by atoms with E-state index in [1.807, 2.05) is 0 Å². The van der Waals surface area contributed by atoms with Crippen LogP contribution in [0.5, 0.6) is 5.75 Å². The Morgan fingerprint density at radius 2 is 1.94 bits per heavy atom. The molecule has 1 aromatic carbocycles. The topological polar surface area (TPSA) is 9.23 Å². The van der Waals surface area contributed by atoms with Gasteiger partial charge in [0, 0.05) is 0 Å². The first-order valence-electron chi connectivity index (χ1n) is 6.94. The number of ether oxygens (including phenoxy) is 1. The highest BCUT2D eigenvalue weighted by Gasteiger charge is 2.25. The summed E-state index contributed by atoms with van der Waals surface area (Å²) < 4.78 is 6.24. The molecule has 1 saturated carbocycles. The number of hydrogen-bond acceptors (Lipinski definition) is 1. The van der Waals surface area contributed by atoms with Crippen molar-refractivity contribution < 1.29 is 4.74 Å². The highest BCUT2D eigenvalue weighted by Crippen LogP contribution is 2.31. The molecule has 2 atom stereocenters. The van der Waals surface area contributed by atoms with Crippen LogP contribution in [0.2, 0.25) is 0 Å². The molecule has 0 amide bonds. The van der Waals surface area contributed by atoms with Gasteiger partial charge in [-0.3, -0.25) is 0 Å². The van der Waals surface area contributed by atoms with Gasteiger partial charge in [0.1, 0.15) is 11.9 Å². The molecule has 1 aromatic rings. The maximum atomic E-state index is 6.24. The van der Waals surface area contributed by atoms with Gasteiger partial charge in [0.2, 0.25) is 0 Å². The molecule has 0 bridgehead atoms. The van der Waals surface area contributed by atoms with E-state index in [9.17, 15) is 0 Å². The van der Waals surface area contributed by atoms with Crippen LogP contribution >= 0.6 is 0 Å². The molecule has 0 aliphatic heterocycles. The summed E-state index contributed by atoms with van der Waals surface area (Å²) in [4.78, 5) is 0. The summed E-state index contributed by atoms with van der Waals surface area (Å²) in [5.41, 5.74) is 2.58. The lowest BCUT2D eigenvalue weighted by Gasteiger charge is -2.31. The zero-order chi connectivity index (χ0) is 12.3. The van der Waals surface area contributed by atoms with Crippen LogP contribution in [-0.4, -0.2) is 6.10 Å². The van der Waals surface area contributed by atoms with Gasteiger partial charge in [0.05, 0.1) is 0 Å². The number of hydrogen-bond donors (Lipinski definition) is 0. The molecule has 1 heteroatoms. The Balaban J connectivity index is 2.08. The molecule has 0 spiro atoms. The van der Waals surface area contributed by atoms with Gasteiger partial charge in [-0.2, -0.15) is 0 Å². The first-order chi connectivity index (χ1) is 8.20. The van der Waals surface area contributed by atoms with Crippen molar-refractivity contribution in [2.75, 3.05) is 0 Å². The van der Waals surface area contributed by atoms with E-state index in [0.29, 0.717) is 6.10 Å². The predicted octanol–water partition coefficient (Wildman–Crippen LogP) is 4.65. The molecule has 0 aromatic heterocycles. The Morgan fingerprint density at radius 3 is 2.65 bits per heavy atom. The van der Waals surface area contributed by atoms with E-state index in [-0.39, 0.29) is 0 Å². The van der Waals surface area contributed by atoms with E-state index < -0.39 is 0 Å². The van der Waals surface area contributed by atoms with Crippen LogP contribution in [-0.2, 0) is 0 Å². The molecule has 1 nitrogen and oxygen atoms in total. The van der Waals surface area contributed by atoms with E-state index in [1.165, 1.54) is 43.2 Å². The van der Waals surface area contributed by atoms with Gasteiger partial charge in [0.25, 0.3) is 0 Å². The maximum absolute atomic E-state index is 6.24. The molecule has 0 radical (unpaired) electrons. The van der Waals surface area contributed by atoms with Crippen molar-refractivity contribution in [2.45, 2.75) is 59.0 Å². The summed E-state index contributed by atoms with van der Waals surface area (Å²) >= 11 is 0. The third-order valence-electron chi connectivity index (χ3n) is 3.97. The second-order valence-electron chi connectivity index (χ2n) is 5.38. The highest BCUT2D eigenvalue weighted by molar-refractivity contribution is 5.35. The van der Waals surface area contributed by atoms with E-state index in [0.717, 1.165) is 11.7 Å². The van der Waals surface area contributed by atoms with Gasteiger partial charge in [-0.1, -0.05) is 31.0 Å². The van der Waals surface area contributed by atoms with Gasteiger partial charge >= 0.3 is 0 Å². The van der Waals surface area contributed by atoms with Crippen molar-refractivity contribution in [3.05, 3.63) is 29.3 Å². The quantitative estimate of drug-likeness (QED) is 0.737. The number of benzene rings is 1. The van der Waals surface area contributed by atoms with Crippen LogP contribution in [0, 0.1) is 19.8 Å². The van der Waals surface area contributed by atoms with Crippen LogP contribution in [0.25, 0.3) is 0 Å². The third-order valence-corrected chi connectivity index (χ3v) is 3.97. The fourth-order valence-corrected chi connectivity index (χ4v) is 2.89. The van der Waals surface area contributed by atoms with Crippen molar-refractivity contribution in [1.82, 2.24) is 0 Å². The zero-order valence-corrected chi connectivity index (χ0v) is 11.3. The summed E-state index contributed by atoms with van der Waals surface area (Å²) in [5, 5.41) is 0. The molecule has 2 rings (SSSR count). The van der Waals surface area contributed by atoms with Crippen LogP contribution < -0.4 is 4.74 Å². The van der Waals surface area contributed by atoms with Gasteiger partial charge < -0.3 is 4.74 Å². The first-order valence-corrected chi connectivity index (χ1v) is 6.94. The van der Waals surface area contributed by atoms with E-state index in [2.05, 4.69) is 39.0 Å². The first kappa shape index (κ1) is 12.5. The molecule has 2 unspecified atom stereocenters. The van der Waals surface area contributed by atoms with Crippen molar-refractivity contribution in [3.8, 4) is 5.75 Å². The van der Waals surface area contributed by atoms with E-state index >= 15 is 0 Å². The molecule has 0 heterocycles. The average Bonchev–Trinajstić information content (AvgIpc) is 2.33. The summed E-state index contributed by atoms with van der Waals surface area (Å²) in [5.74, 6) is 1.84. The minimum Gasteiger partial charge on any atom is -0.490 e. The van der Waals surface area contributed by atoms with E-state index in [1.54, 1.807) is 0 Å². The van der Waals surface area contributed by atoms with Gasteiger partial charge in [0.15, 0.2) is 0 Å². The van der Waals surface area contributed by atoms with Crippen LogP contribution in [0.15, 0.2) is 18.2 Å². The molecule has 17 heavy (non-hydrogen) atoms. The second kappa shape index (κ2) is 5.57. The van der Waals surface area contributed by atoms with Gasteiger partial charge in [-0.15, -0.1) is 0 Å². The van der Waals surface area contributed by atoms with Crippen LogP contribution in [0.3, 0.4) is 0 Å². The summed E-state index contributed by atoms with van der Waals surface area (Å²) in [6.45, 7) is 6.56. The fraction of sp³-hybridized carbons (Fsp3) is 0.625. The smallest absolute Gasteiger partial charge is 0.122 e. The Hall–Kier alpha value is -0.980. The molecule has 0 saturated heterocycles. The fourth-order valence-electron chi connectivity index (χ4n) is 2.89. The predicted molar refractivity (Wildman–Crippen MR) is 72.6 cm³/mol. The summed E-state index contributed by atoms with van der Waals surface area (Å²) in [6, 6.07) is 6.48. The summed E-state index contributed by atoms with van der Waals surface area (Å²) in [6.07, 6.45) is 6.96. The normalized spacial score (nSPS) is 24.6. The Labute approximate surface area is 105 Å². The second-order valence-corrected chi connectivity index (χ2v) is 5.38. The highest BCUT2D eigenvalue weighted by atomic mass is 16.5. The largest absolute Gasteiger partial charge is 0.490 e. The standard InChI is InChI=1S/C16H24O/c1-4-14-7-5-6-8-16(14)17-15-10-9-12(2)11-13(15)3/h9-11,14,16H,4-8H2,1-3H3. The minimum atomic E-state index is 0.440. The lowest BCUT2D eigenvalue weighted by atomic mass is 9.84. The van der Waals surface area contributed by atoms with Crippen molar-refractivity contribution in [3.63, 3.8) is 0 Å². The summed E-state index contributed by atoms with van der Waals surface area (Å²) in [7, 11) is 0. The lowest BCUT2D eigenvalue weighted by Crippen LogP contribution is -2.30. The van der Waals surface area contributed by atoms with Crippen LogP contribution in [0.4, 0.5) is 0 Å². The Morgan fingerprint density at radius 1 is 1.18 bits per heavy atom.